The van der Waals surface area contributed by atoms with E-state index in [1.807, 2.05) is 13.0 Å². The molecule has 2 aromatic rings. The normalized spacial score (nSPS) is 11.8. The minimum absolute atomic E-state index is 0.0917. The second-order valence-electron chi connectivity index (χ2n) is 5.52. The second-order valence-corrected chi connectivity index (χ2v) is 5.52. The number of methoxy groups -OCH3 is 1. The fraction of sp³-hybridized carbons (Fsp3) is 0.278. The van der Waals surface area contributed by atoms with E-state index in [2.05, 4.69) is 5.32 Å². The lowest BCUT2D eigenvalue weighted by atomic mass is 10.00. The van der Waals surface area contributed by atoms with Gasteiger partial charge in [0.1, 0.15) is 11.6 Å². The molecule has 3 N–H and O–H groups in total. The van der Waals surface area contributed by atoms with Crippen LogP contribution in [0.25, 0.3) is 0 Å². The van der Waals surface area contributed by atoms with Gasteiger partial charge in [0.2, 0.25) is 5.91 Å². The van der Waals surface area contributed by atoms with Crippen molar-refractivity contribution in [2.75, 3.05) is 18.2 Å². The summed E-state index contributed by atoms with van der Waals surface area (Å²) >= 11 is 0. The van der Waals surface area contributed by atoms with Crippen molar-refractivity contribution < 1.29 is 13.9 Å². The number of ether oxygens (including phenoxy) is 1. The Morgan fingerprint density at radius 3 is 2.74 bits per heavy atom. The van der Waals surface area contributed by atoms with Gasteiger partial charge in [-0.05, 0) is 48.7 Å². The predicted octanol–water partition coefficient (Wildman–Crippen LogP) is 3.62. The Hall–Kier alpha value is -2.56. The SMILES string of the molecule is COc1ccc(NC(=O)C(C)CCc2cccc(F)c2)cc1N. The highest BCUT2D eigenvalue weighted by Crippen LogP contribution is 2.25. The lowest BCUT2D eigenvalue weighted by Gasteiger charge is -2.13. The van der Waals surface area contributed by atoms with Gasteiger partial charge >= 0.3 is 0 Å². The number of nitrogens with one attached hydrogen (secondary N) is 1. The third-order valence-electron chi connectivity index (χ3n) is 3.70. The molecule has 0 radical (unpaired) electrons. The number of aryl methyl sites for hydroxylation is 1. The highest BCUT2D eigenvalue weighted by molar-refractivity contribution is 5.93. The van der Waals surface area contributed by atoms with E-state index < -0.39 is 0 Å². The molecule has 0 spiro atoms. The van der Waals surface area contributed by atoms with Crippen LogP contribution < -0.4 is 15.8 Å². The number of carbonyl (C=O) groups excluding carboxylic acids is 1. The fourth-order valence-electron chi connectivity index (χ4n) is 2.28. The van der Waals surface area contributed by atoms with Crippen molar-refractivity contribution in [3.63, 3.8) is 0 Å². The first-order chi connectivity index (χ1) is 11.0. The maximum absolute atomic E-state index is 13.1. The topological polar surface area (TPSA) is 64.3 Å². The van der Waals surface area contributed by atoms with Crippen molar-refractivity contribution >= 4 is 17.3 Å². The number of carbonyl (C=O) groups is 1. The van der Waals surface area contributed by atoms with Gasteiger partial charge in [-0.25, -0.2) is 4.39 Å². The average molecular weight is 316 g/mol. The molecule has 0 aromatic heterocycles. The van der Waals surface area contributed by atoms with Crippen LogP contribution in [0.4, 0.5) is 15.8 Å². The van der Waals surface area contributed by atoms with E-state index in [1.165, 1.54) is 12.1 Å². The lowest BCUT2D eigenvalue weighted by Crippen LogP contribution is -2.21. The Morgan fingerprint density at radius 1 is 1.30 bits per heavy atom. The van der Waals surface area contributed by atoms with Crippen LogP contribution in [-0.2, 0) is 11.2 Å². The number of amides is 1. The first-order valence-electron chi connectivity index (χ1n) is 7.48. The molecule has 0 fully saturated rings. The number of benzene rings is 2. The third-order valence-corrected chi connectivity index (χ3v) is 3.70. The molecule has 0 aliphatic rings. The molecule has 2 rings (SSSR count). The van der Waals surface area contributed by atoms with Crippen molar-refractivity contribution in [1.82, 2.24) is 0 Å². The Bertz CT molecular complexity index is 688. The highest BCUT2D eigenvalue weighted by atomic mass is 19.1. The average Bonchev–Trinajstić information content (AvgIpc) is 2.53. The van der Waals surface area contributed by atoms with Gasteiger partial charge in [-0.2, -0.15) is 0 Å². The van der Waals surface area contributed by atoms with Crippen LogP contribution >= 0.6 is 0 Å². The summed E-state index contributed by atoms with van der Waals surface area (Å²) in [6.45, 7) is 1.85. The van der Waals surface area contributed by atoms with Crippen molar-refractivity contribution in [2.24, 2.45) is 5.92 Å². The van der Waals surface area contributed by atoms with Crippen LogP contribution in [0, 0.1) is 11.7 Å². The fourth-order valence-corrected chi connectivity index (χ4v) is 2.28. The lowest BCUT2D eigenvalue weighted by molar-refractivity contribution is -0.119. The molecule has 2 aromatic carbocycles. The maximum atomic E-state index is 13.1. The summed E-state index contributed by atoms with van der Waals surface area (Å²) in [4.78, 5) is 12.2. The van der Waals surface area contributed by atoms with Gasteiger partial charge in [0.25, 0.3) is 0 Å². The van der Waals surface area contributed by atoms with Gasteiger partial charge in [-0.15, -0.1) is 0 Å². The molecule has 23 heavy (non-hydrogen) atoms. The minimum atomic E-state index is -0.256. The van der Waals surface area contributed by atoms with Gasteiger partial charge in [0.05, 0.1) is 12.8 Å². The van der Waals surface area contributed by atoms with Crippen LogP contribution in [0.2, 0.25) is 0 Å². The summed E-state index contributed by atoms with van der Waals surface area (Å²) in [6, 6.07) is 11.6. The maximum Gasteiger partial charge on any atom is 0.227 e. The molecule has 0 aliphatic carbocycles. The molecule has 0 bridgehead atoms. The Balaban J connectivity index is 1.91. The smallest absolute Gasteiger partial charge is 0.227 e. The zero-order chi connectivity index (χ0) is 16.8. The molecular weight excluding hydrogens is 295 g/mol. The van der Waals surface area contributed by atoms with Crippen molar-refractivity contribution in [3.8, 4) is 5.75 Å². The minimum Gasteiger partial charge on any atom is -0.495 e. The Kier molecular flexibility index (Phi) is 5.57. The second kappa shape index (κ2) is 7.63. The molecule has 0 aliphatic heterocycles. The molecule has 0 saturated heterocycles. The molecule has 4 nitrogen and oxygen atoms in total. The first kappa shape index (κ1) is 16.8. The molecule has 0 saturated carbocycles. The van der Waals surface area contributed by atoms with Gasteiger partial charge < -0.3 is 15.8 Å². The standard InChI is InChI=1S/C18H21FN2O2/c1-12(6-7-13-4-3-5-14(19)10-13)18(22)21-15-8-9-17(23-2)16(20)11-15/h3-5,8-12H,6-7,20H2,1-2H3,(H,21,22). The predicted molar refractivity (Wildman–Crippen MR) is 89.9 cm³/mol. The summed E-state index contributed by atoms with van der Waals surface area (Å²) in [7, 11) is 1.54. The highest BCUT2D eigenvalue weighted by Gasteiger charge is 2.14. The van der Waals surface area contributed by atoms with E-state index in [0.717, 1.165) is 5.56 Å². The van der Waals surface area contributed by atoms with Crippen molar-refractivity contribution in [3.05, 3.63) is 53.8 Å². The molecule has 5 heteroatoms. The van der Waals surface area contributed by atoms with E-state index in [4.69, 9.17) is 10.5 Å². The number of nitrogens with two attached hydrogens (primary N) is 1. The van der Waals surface area contributed by atoms with Crippen LogP contribution in [0.5, 0.6) is 5.75 Å². The van der Waals surface area contributed by atoms with Gasteiger partial charge in [-0.1, -0.05) is 19.1 Å². The van der Waals surface area contributed by atoms with Crippen LogP contribution in [0.1, 0.15) is 18.9 Å². The molecular formula is C18H21FN2O2. The summed E-state index contributed by atoms with van der Waals surface area (Å²) < 4.78 is 18.2. The number of rotatable bonds is 6. The molecule has 0 heterocycles. The number of anilines is 2. The molecule has 1 atom stereocenters. The number of nitrogen functional groups attached to an aromatic ring is 1. The molecule has 122 valence electrons. The van der Waals surface area contributed by atoms with E-state index in [0.29, 0.717) is 30.0 Å². The number of hydrogen-bond acceptors (Lipinski definition) is 3. The van der Waals surface area contributed by atoms with E-state index in [1.54, 1.807) is 31.4 Å². The first-order valence-corrected chi connectivity index (χ1v) is 7.48. The summed E-state index contributed by atoms with van der Waals surface area (Å²) in [5.74, 6) is 0.0306. The van der Waals surface area contributed by atoms with Crippen LogP contribution in [-0.4, -0.2) is 13.0 Å². The van der Waals surface area contributed by atoms with E-state index in [9.17, 15) is 9.18 Å². The van der Waals surface area contributed by atoms with Crippen LogP contribution in [0.15, 0.2) is 42.5 Å². The van der Waals surface area contributed by atoms with Crippen molar-refractivity contribution in [1.29, 1.82) is 0 Å². The molecule has 1 unspecified atom stereocenters. The van der Waals surface area contributed by atoms with Crippen molar-refractivity contribution in [2.45, 2.75) is 19.8 Å². The quantitative estimate of drug-likeness (QED) is 0.800. The number of hydrogen-bond donors (Lipinski definition) is 2. The van der Waals surface area contributed by atoms with Gasteiger partial charge in [0, 0.05) is 11.6 Å². The summed E-state index contributed by atoms with van der Waals surface area (Å²) in [5, 5.41) is 2.83. The summed E-state index contributed by atoms with van der Waals surface area (Å²) in [6.07, 6.45) is 1.29. The van der Waals surface area contributed by atoms with Gasteiger partial charge in [-0.3, -0.25) is 4.79 Å². The monoisotopic (exact) mass is 316 g/mol. The number of halogens is 1. The Labute approximate surface area is 135 Å². The summed E-state index contributed by atoms with van der Waals surface area (Å²) in [5.41, 5.74) is 7.81. The Morgan fingerprint density at radius 2 is 2.09 bits per heavy atom. The zero-order valence-corrected chi connectivity index (χ0v) is 13.3. The largest absolute Gasteiger partial charge is 0.495 e. The molecule has 1 amide bonds. The third kappa shape index (κ3) is 4.71. The van der Waals surface area contributed by atoms with Crippen LogP contribution in [0.3, 0.4) is 0 Å². The zero-order valence-electron chi connectivity index (χ0n) is 13.3. The van der Waals surface area contributed by atoms with E-state index in [-0.39, 0.29) is 17.6 Å². The van der Waals surface area contributed by atoms with E-state index >= 15 is 0 Å². The van der Waals surface area contributed by atoms with Gasteiger partial charge in [0.15, 0.2) is 0 Å².